The quantitative estimate of drug-likeness (QED) is 0.781. The summed E-state index contributed by atoms with van der Waals surface area (Å²) in [6, 6.07) is 0. The first-order valence-electron chi connectivity index (χ1n) is 6.45. The zero-order valence-corrected chi connectivity index (χ0v) is 12.0. The van der Waals surface area contributed by atoms with Crippen molar-refractivity contribution in [2.75, 3.05) is 20.2 Å². The smallest absolute Gasteiger partial charge is 0.410 e. The Morgan fingerprint density at radius 3 is 2.47 bits per heavy atom. The van der Waals surface area contributed by atoms with E-state index in [1.807, 2.05) is 0 Å². The van der Waals surface area contributed by atoms with Crippen molar-refractivity contribution in [2.24, 2.45) is 5.92 Å². The first-order chi connectivity index (χ1) is 8.73. The highest BCUT2D eigenvalue weighted by molar-refractivity contribution is 5.69. The number of methoxy groups -OCH3 is 1. The van der Waals surface area contributed by atoms with Crippen molar-refractivity contribution in [1.82, 2.24) is 4.90 Å². The van der Waals surface area contributed by atoms with E-state index in [1.54, 1.807) is 20.8 Å². The van der Waals surface area contributed by atoms with Crippen LogP contribution in [0.1, 0.15) is 33.6 Å². The fourth-order valence-electron chi connectivity index (χ4n) is 2.02. The van der Waals surface area contributed by atoms with E-state index in [0.29, 0.717) is 13.0 Å². The normalized spacial score (nSPS) is 23.3. The number of aliphatic hydroxyl groups excluding tert-OH is 1. The van der Waals surface area contributed by atoms with Crippen molar-refractivity contribution in [3.05, 3.63) is 0 Å². The molecular formula is C13H23NO5. The summed E-state index contributed by atoms with van der Waals surface area (Å²) in [5, 5.41) is 9.89. The van der Waals surface area contributed by atoms with Crippen LogP contribution in [0.25, 0.3) is 0 Å². The number of carbonyl (C=O) groups is 2. The Hall–Kier alpha value is -1.30. The minimum Gasteiger partial charge on any atom is -0.469 e. The van der Waals surface area contributed by atoms with E-state index < -0.39 is 17.8 Å². The Kier molecular flexibility index (Phi) is 5.17. The van der Waals surface area contributed by atoms with E-state index in [0.717, 1.165) is 0 Å². The van der Waals surface area contributed by atoms with Crippen LogP contribution in [0, 0.1) is 5.92 Å². The first-order valence-corrected chi connectivity index (χ1v) is 6.45. The van der Waals surface area contributed by atoms with Gasteiger partial charge in [0.1, 0.15) is 5.60 Å². The van der Waals surface area contributed by atoms with Gasteiger partial charge < -0.3 is 19.5 Å². The molecule has 0 aromatic heterocycles. The summed E-state index contributed by atoms with van der Waals surface area (Å²) >= 11 is 0. The van der Waals surface area contributed by atoms with Crippen molar-refractivity contribution < 1.29 is 24.2 Å². The van der Waals surface area contributed by atoms with Crippen LogP contribution in [-0.2, 0) is 14.3 Å². The number of likely N-dealkylation sites (tertiary alicyclic amines) is 1. The topological polar surface area (TPSA) is 76.1 Å². The summed E-state index contributed by atoms with van der Waals surface area (Å²) in [6.07, 6.45) is -0.280. The lowest BCUT2D eigenvalue weighted by Gasteiger charge is -2.24. The Morgan fingerprint density at radius 1 is 1.32 bits per heavy atom. The standard InChI is InChI=1S/C13H23NO5/c1-13(2,3)19-12(17)14-7-9(10(15)8-14)5-6-11(16)18-4/h9-10,15H,5-8H2,1-4H3/t9-,10-/m0/s1. The third kappa shape index (κ3) is 5.06. The highest BCUT2D eigenvalue weighted by atomic mass is 16.6. The van der Waals surface area contributed by atoms with Gasteiger partial charge in [0.15, 0.2) is 0 Å². The van der Waals surface area contributed by atoms with Crippen LogP contribution in [0.5, 0.6) is 0 Å². The second-order valence-electron chi connectivity index (χ2n) is 5.83. The molecule has 0 spiro atoms. The zero-order valence-electron chi connectivity index (χ0n) is 12.0. The van der Waals surface area contributed by atoms with E-state index in [9.17, 15) is 14.7 Å². The van der Waals surface area contributed by atoms with Crippen LogP contribution in [0.15, 0.2) is 0 Å². The third-order valence-corrected chi connectivity index (χ3v) is 3.01. The maximum atomic E-state index is 11.8. The summed E-state index contributed by atoms with van der Waals surface area (Å²) in [6.45, 7) is 6.05. The molecule has 1 rings (SSSR count). The minimum absolute atomic E-state index is 0.105. The number of amides is 1. The average molecular weight is 273 g/mol. The largest absolute Gasteiger partial charge is 0.469 e. The monoisotopic (exact) mass is 273 g/mol. The fourth-order valence-corrected chi connectivity index (χ4v) is 2.02. The molecule has 1 fully saturated rings. The number of hydrogen-bond acceptors (Lipinski definition) is 5. The summed E-state index contributed by atoms with van der Waals surface area (Å²) in [5.41, 5.74) is -0.549. The molecule has 110 valence electrons. The lowest BCUT2D eigenvalue weighted by molar-refractivity contribution is -0.141. The van der Waals surface area contributed by atoms with Crippen molar-refractivity contribution in [1.29, 1.82) is 0 Å². The number of ether oxygens (including phenoxy) is 2. The van der Waals surface area contributed by atoms with Crippen molar-refractivity contribution in [3.63, 3.8) is 0 Å². The van der Waals surface area contributed by atoms with Gasteiger partial charge in [-0.15, -0.1) is 0 Å². The molecule has 0 saturated carbocycles. The molecule has 0 radical (unpaired) electrons. The van der Waals surface area contributed by atoms with Crippen molar-refractivity contribution >= 4 is 12.1 Å². The molecule has 19 heavy (non-hydrogen) atoms. The van der Waals surface area contributed by atoms with Gasteiger partial charge in [0.25, 0.3) is 0 Å². The van der Waals surface area contributed by atoms with Gasteiger partial charge in [-0.05, 0) is 27.2 Å². The molecule has 6 nitrogen and oxygen atoms in total. The Morgan fingerprint density at radius 2 is 1.95 bits per heavy atom. The van der Waals surface area contributed by atoms with Crippen LogP contribution in [0.4, 0.5) is 4.79 Å². The van der Waals surface area contributed by atoms with Crippen molar-refractivity contribution in [2.45, 2.75) is 45.3 Å². The SMILES string of the molecule is COC(=O)CC[C@H]1CN(C(=O)OC(C)(C)C)C[C@@H]1O. The molecule has 1 heterocycles. The van der Waals surface area contributed by atoms with Gasteiger partial charge in [0.05, 0.1) is 19.8 Å². The van der Waals surface area contributed by atoms with Gasteiger partial charge >= 0.3 is 12.1 Å². The number of nitrogens with zero attached hydrogens (tertiary/aromatic N) is 1. The number of esters is 1. The van der Waals surface area contributed by atoms with Gasteiger partial charge in [-0.25, -0.2) is 4.79 Å². The summed E-state index contributed by atoms with van der Waals surface area (Å²) in [7, 11) is 1.33. The van der Waals surface area contributed by atoms with E-state index in [4.69, 9.17) is 4.74 Å². The minimum atomic E-state index is -0.614. The lowest BCUT2D eigenvalue weighted by atomic mass is 10.0. The molecule has 1 aliphatic rings. The van der Waals surface area contributed by atoms with Crippen molar-refractivity contribution in [3.8, 4) is 0 Å². The first kappa shape index (κ1) is 15.8. The molecule has 0 aliphatic carbocycles. The molecule has 1 N–H and O–H groups in total. The molecule has 6 heteroatoms. The van der Waals surface area contributed by atoms with E-state index in [2.05, 4.69) is 4.74 Å². The van der Waals surface area contributed by atoms with E-state index in [-0.39, 0.29) is 24.9 Å². The number of rotatable bonds is 3. The highest BCUT2D eigenvalue weighted by Gasteiger charge is 2.36. The second kappa shape index (κ2) is 6.23. The average Bonchev–Trinajstić information content (AvgIpc) is 2.65. The molecular weight excluding hydrogens is 250 g/mol. The second-order valence-corrected chi connectivity index (χ2v) is 5.83. The number of aliphatic hydroxyl groups is 1. The molecule has 1 aliphatic heterocycles. The number of hydrogen-bond donors (Lipinski definition) is 1. The van der Waals surface area contributed by atoms with E-state index in [1.165, 1.54) is 12.0 Å². The maximum Gasteiger partial charge on any atom is 0.410 e. The zero-order chi connectivity index (χ0) is 14.6. The predicted octanol–water partition coefficient (Wildman–Crippen LogP) is 1.17. The third-order valence-electron chi connectivity index (χ3n) is 3.01. The van der Waals surface area contributed by atoms with Gasteiger partial charge in [0.2, 0.25) is 0 Å². The lowest BCUT2D eigenvalue weighted by Crippen LogP contribution is -2.35. The summed E-state index contributed by atoms with van der Waals surface area (Å²) < 4.78 is 9.81. The Labute approximate surface area is 113 Å². The van der Waals surface area contributed by atoms with Gasteiger partial charge in [-0.1, -0.05) is 0 Å². The summed E-state index contributed by atoms with van der Waals surface area (Å²) in [5.74, 6) is -0.408. The maximum absolute atomic E-state index is 11.8. The molecule has 0 aromatic carbocycles. The molecule has 2 atom stereocenters. The molecule has 0 aromatic rings. The molecule has 1 amide bonds. The molecule has 1 saturated heterocycles. The van der Waals surface area contributed by atoms with Gasteiger partial charge in [0, 0.05) is 18.9 Å². The number of carbonyl (C=O) groups excluding carboxylic acids is 2. The fraction of sp³-hybridized carbons (Fsp3) is 0.846. The predicted molar refractivity (Wildman–Crippen MR) is 68.6 cm³/mol. The number of β-amino-alcohol motifs (C(OH)–C–C–N with tert-alkyl or cyclic N) is 1. The highest BCUT2D eigenvalue weighted by Crippen LogP contribution is 2.23. The van der Waals surface area contributed by atoms with Crippen LogP contribution < -0.4 is 0 Å². The Bertz CT molecular complexity index is 336. The van der Waals surface area contributed by atoms with Crippen LogP contribution >= 0.6 is 0 Å². The van der Waals surface area contributed by atoms with Crippen LogP contribution in [-0.4, -0.2) is 54.0 Å². The van der Waals surface area contributed by atoms with E-state index >= 15 is 0 Å². The Balaban J connectivity index is 2.45. The van der Waals surface area contributed by atoms with Crippen LogP contribution in [0.3, 0.4) is 0 Å². The molecule has 0 bridgehead atoms. The van der Waals surface area contributed by atoms with Crippen LogP contribution in [0.2, 0.25) is 0 Å². The summed E-state index contributed by atoms with van der Waals surface area (Å²) in [4.78, 5) is 24.4. The molecule has 0 unspecified atom stereocenters. The van der Waals surface area contributed by atoms with Gasteiger partial charge in [-0.3, -0.25) is 4.79 Å². The van der Waals surface area contributed by atoms with Gasteiger partial charge in [-0.2, -0.15) is 0 Å².